The summed E-state index contributed by atoms with van der Waals surface area (Å²) in [5, 5.41) is 13.9. The van der Waals surface area contributed by atoms with Crippen molar-refractivity contribution >= 4 is 5.91 Å². The molecular formula is C9H12N6O. The van der Waals surface area contributed by atoms with Gasteiger partial charge in [-0.05, 0) is 0 Å². The monoisotopic (exact) mass is 220 g/mol. The van der Waals surface area contributed by atoms with E-state index >= 15 is 0 Å². The highest BCUT2D eigenvalue weighted by Crippen LogP contribution is 2.00. The number of likely N-dealkylation sites (N-methyl/N-ethyl adjacent to an activating group) is 1. The molecule has 0 aromatic carbocycles. The molecule has 0 fully saturated rings. The first-order valence-electron chi connectivity index (χ1n) is 4.81. The van der Waals surface area contributed by atoms with Gasteiger partial charge in [-0.25, -0.2) is 4.68 Å². The lowest BCUT2D eigenvalue weighted by Crippen LogP contribution is -2.29. The number of rotatable bonds is 4. The van der Waals surface area contributed by atoms with Gasteiger partial charge in [-0.3, -0.25) is 9.89 Å². The Kier molecular flexibility index (Phi) is 2.95. The van der Waals surface area contributed by atoms with Gasteiger partial charge in [0.1, 0.15) is 6.54 Å². The van der Waals surface area contributed by atoms with Crippen LogP contribution in [0.1, 0.15) is 5.56 Å². The fraction of sp³-hybridized carbons (Fsp3) is 0.333. The molecule has 2 aromatic heterocycles. The number of nitrogens with one attached hydrogen (secondary N) is 1. The van der Waals surface area contributed by atoms with Crippen molar-refractivity contribution in [2.24, 2.45) is 0 Å². The smallest absolute Gasteiger partial charge is 0.244 e. The summed E-state index contributed by atoms with van der Waals surface area (Å²) in [5.41, 5.74) is 0.967. The Labute approximate surface area is 92.1 Å². The minimum absolute atomic E-state index is 0.0216. The molecule has 0 aliphatic carbocycles. The van der Waals surface area contributed by atoms with Crippen molar-refractivity contribution in [2.75, 3.05) is 7.05 Å². The topological polar surface area (TPSA) is 79.7 Å². The Morgan fingerprint density at radius 2 is 2.50 bits per heavy atom. The predicted octanol–water partition coefficient (Wildman–Crippen LogP) is -0.340. The van der Waals surface area contributed by atoms with Gasteiger partial charge in [0.15, 0.2) is 0 Å². The number of H-pyrrole nitrogens is 1. The third-order valence-electron chi connectivity index (χ3n) is 2.17. The fourth-order valence-corrected chi connectivity index (χ4v) is 1.30. The van der Waals surface area contributed by atoms with Crippen molar-refractivity contribution in [3.63, 3.8) is 0 Å². The molecule has 1 amide bonds. The van der Waals surface area contributed by atoms with Crippen molar-refractivity contribution in [2.45, 2.75) is 13.1 Å². The summed E-state index contributed by atoms with van der Waals surface area (Å²) in [5.74, 6) is -0.0216. The molecule has 0 unspecified atom stereocenters. The van der Waals surface area contributed by atoms with Crippen molar-refractivity contribution in [3.05, 3.63) is 30.4 Å². The first kappa shape index (κ1) is 10.3. The standard InChI is InChI=1S/C9H12N6O/c1-14(6-8-4-11-12-5-8)9(16)7-15-3-2-10-13-15/h2-5H,6-7H2,1H3,(H,11,12). The Bertz CT molecular complexity index is 435. The molecule has 84 valence electrons. The summed E-state index contributed by atoms with van der Waals surface area (Å²) in [6.45, 7) is 0.735. The van der Waals surface area contributed by atoms with Crippen molar-refractivity contribution in [1.29, 1.82) is 0 Å². The Hall–Kier alpha value is -2.18. The Morgan fingerprint density at radius 1 is 1.62 bits per heavy atom. The highest BCUT2D eigenvalue weighted by atomic mass is 16.2. The molecule has 2 heterocycles. The number of aromatic amines is 1. The van der Waals surface area contributed by atoms with E-state index in [4.69, 9.17) is 0 Å². The van der Waals surface area contributed by atoms with Crippen LogP contribution in [-0.4, -0.2) is 43.0 Å². The average molecular weight is 220 g/mol. The molecule has 0 atom stereocenters. The number of hydrogen-bond acceptors (Lipinski definition) is 4. The first-order valence-corrected chi connectivity index (χ1v) is 4.81. The second kappa shape index (κ2) is 4.56. The zero-order valence-electron chi connectivity index (χ0n) is 8.87. The van der Waals surface area contributed by atoms with Crippen LogP contribution in [0.3, 0.4) is 0 Å². The predicted molar refractivity (Wildman–Crippen MR) is 55.1 cm³/mol. The summed E-state index contributed by atoms with van der Waals surface area (Å²) in [7, 11) is 1.74. The van der Waals surface area contributed by atoms with E-state index in [-0.39, 0.29) is 12.5 Å². The Morgan fingerprint density at radius 3 is 3.12 bits per heavy atom. The molecule has 2 aromatic rings. The van der Waals surface area contributed by atoms with Crippen molar-refractivity contribution in [1.82, 2.24) is 30.1 Å². The minimum atomic E-state index is -0.0216. The zero-order chi connectivity index (χ0) is 11.4. The minimum Gasteiger partial charge on any atom is -0.340 e. The Balaban J connectivity index is 1.90. The van der Waals surface area contributed by atoms with Gasteiger partial charge < -0.3 is 4.90 Å². The van der Waals surface area contributed by atoms with Gasteiger partial charge in [-0.1, -0.05) is 5.21 Å². The lowest BCUT2D eigenvalue weighted by Gasteiger charge is -2.15. The second-order valence-electron chi connectivity index (χ2n) is 3.46. The normalized spacial score (nSPS) is 10.3. The van der Waals surface area contributed by atoms with E-state index in [9.17, 15) is 4.79 Å². The summed E-state index contributed by atoms with van der Waals surface area (Å²) in [6.07, 6.45) is 6.66. The van der Waals surface area contributed by atoms with Crippen LogP contribution in [0.25, 0.3) is 0 Å². The molecule has 0 bridgehead atoms. The lowest BCUT2D eigenvalue weighted by molar-refractivity contribution is -0.131. The van der Waals surface area contributed by atoms with Crippen LogP contribution in [0.15, 0.2) is 24.8 Å². The molecule has 2 rings (SSSR count). The molecule has 16 heavy (non-hydrogen) atoms. The van der Waals surface area contributed by atoms with E-state index in [0.29, 0.717) is 6.54 Å². The van der Waals surface area contributed by atoms with E-state index in [1.165, 1.54) is 4.68 Å². The van der Waals surface area contributed by atoms with Gasteiger partial charge in [-0.15, -0.1) is 5.10 Å². The third-order valence-corrected chi connectivity index (χ3v) is 2.17. The largest absolute Gasteiger partial charge is 0.340 e. The van der Waals surface area contributed by atoms with Gasteiger partial charge in [-0.2, -0.15) is 5.10 Å². The molecule has 0 spiro atoms. The lowest BCUT2D eigenvalue weighted by atomic mass is 10.3. The number of aromatic nitrogens is 5. The maximum atomic E-state index is 11.7. The van der Waals surface area contributed by atoms with Crippen LogP contribution < -0.4 is 0 Å². The molecule has 0 saturated heterocycles. The molecule has 7 nitrogen and oxygen atoms in total. The number of carbonyl (C=O) groups is 1. The zero-order valence-corrected chi connectivity index (χ0v) is 8.87. The van der Waals surface area contributed by atoms with E-state index in [1.54, 1.807) is 36.7 Å². The molecule has 0 radical (unpaired) electrons. The van der Waals surface area contributed by atoms with Crippen LogP contribution in [-0.2, 0) is 17.9 Å². The van der Waals surface area contributed by atoms with Gasteiger partial charge in [0.05, 0.1) is 12.4 Å². The van der Waals surface area contributed by atoms with Gasteiger partial charge in [0, 0.05) is 31.5 Å². The first-order chi connectivity index (χ1) is 7.75. The summed E-state index contributed by atoms with van der Waals surface area (Å²) in [6, 6.07) is 0. The average Bonchev–Trinajstić information content (AvgIpc) is 2.90. The van der Waals surface area contributed by atoms with Gasteiger partial charge in [0.25, 0.3) is 0 Å². The highest BCUT2D eigenvalue weighted by Gasteiger charge is 2.10. The van der Waals surface area contributed by atoms with E-state index in [0.717, 1.165) is 5.56 Å². The van der Waals surface area contributed by atoms with Crippen LogP contribution in [0, 0.1) is 0 Å². The molecule has 0 aliphatic heterocycles. The summed E-state index contributed by atoms with van der Waals surface area (Å²) in [4.78, 5) is 13.4. The third kappa shape index (κ3) is 2.44. The second-order valence-corrected chi connectivity index (χ2v) is 3.46. The fourth-order valence-electron chi connectivity index (χ4n) is 1.30. The number of amides is 1. The highest BCUT2D eigenvalue weighted by molar-refractivity contribution is 5.75. The molecule has 0 saturated carbocycles. The quantitative estimate of drug-likeness (QED) is 0.764. The van der Waals surface area contributed by atoms with E-state index in [2.05, 4.69) is 20.5 Å². The molecule has 1 N–H and O–H groups in total. The maximum absolute atomic E-state index is 11.7. The van der Waals surface area contributed by atoms with E-state index < -0.39 is 0 Å². The van der Waals surface area contributed by atoms with Crippen molar-refractivity contribution in [3.8, 4) is 0 Å². The molecule has 7 heteroatoms. The van der Waals surface area contributed by atoms with Crippen LogP contribution in [0.2, 0.25) is 0 Å². The van der Waals surface area contributed by atoms with E-state index in [1.807, 2.05) is 0 Å². The number of hydrogen-bond donors (Lipinski definition) is 1. The summed E-state index contributed by atoms with van der Waals surface area (Å²) < 4.78 is 1.49. The van der Waals surface area contributed by atoms with Crippen LogP contribution in [0.5, 0.6) is 0 Å². The SMILES string of the molecule is CN(Cc1cn[nH]c1)C(=O)Cn1ccnn1. The van der Waals surface area contributed by atoms with Crippen LogP contribution >= 0.6 is 0 Å². The number of nitrogens with zero attached hydrogens (tertiary/aromatic N) is 5. The van der Waals surface area contributed by atoms with Gasteiger partial charge in [0.2, 0.25) is 5.91 Å². The van der Waals surface area contributed by atoms with Crippen molar-refractivity contribution < 1.29 is 4.79 Å². The number of carbonyl (C=O) groups excluding carboxylic acids is 1. The molecule has 0 aliphatic rings. The summed E-state index contributed by atoms with van der Waals surface area (Å²) >= 11 is 0. The molecular weight excluding hydrogens is 208 g/mol. The van der Waals surface area contributed by atoms with Gasteiger partial charge >= 0.3 is 0 Å². The van der Waals surface area contributed by atoms with Crippen LogP contribution in [0.4, 0.5) is 0 Å². The maximum Gasteiger partial charge on any atom is 0.244 e.